The zero-order valence-electron chi connectivity index (χ0n) is 15.1. The van der Waals surface area contributed by atoms with E-state index in [0.717, 1.165) is 0 Å². The van der Waals surface area contributed by atoms with Crippen molar-refractivity contribution in [1.82, 2.24) is 4.90 Å². The lowest BCUT2D eigenvalue weighted by Gasteiger charge is -2.26. The van der Waals surface area contributed by atoms with Gasteiger partial charge in [0.1, 0.15) is 0 Å². The van der Waals surface area contributed by atoms with Crippen LogP contribution in [0.25, 0.3) is 12.2 Å². The molecule has 28 heavy (non-hydrogen) atoms. The molecule has 1 aliphatic rings. The molecule has 0 radical (unpaired) electrons. The second-order valence-electron chi connectivity index (χ2n) is 6.47. The molecule has 2 aromatic carbocycles. The van der Waals surface area contributed by atoms with Gasteiger partial charge in [-0.2, -0.15) is 0 Å². The summed E-state index contributed by atoms with van der Waals surface area (Å²) in [7, 11) is 1.81. The summed E-state index contributed by atoms with van der Waals surface area (Å²) in [6, 6.07) is 12.4. The highest BCUT2D eigenvalue weighted by atomic mass is 16.6. The Labute approximate surface area is 160 Å². The van der Waals surface area contributed by atoms with E-state index in [0.29, 0.717) is 35.4 Å². The molecule has 0 aromatic heterocycles. The van der Waals surface area contributed by atoms with Crippen molar-refractivity contribution in [3.05, 3.63) is 91.0 Å². The first-order valence-electron chi connectivity index (χ1n) is 8.48. The van der Waals surface area contributed by atoms with Crippen LogP contribution in [0.15, 0.2) is 59.7 Å². The molecular weight excluding hydrogens is 362 g/mol. The molecule has 0 N–H and O–H groups in total. The lowest BCUT2D eigenvalue weighted by Crippen LogP contribution is -2.34. The molecule has 1 aliphatic heterocycles. The third-order valence-corrected chi connectivity index (χ3v) is 4.39. The molecule has 2 aromatic rings. The van der Waals surface area contributed by atoms with Gasteiger partial charge in [-0.25, -0.2) is 0 Å². The molecule has 3 rings (SSSR count). The fourth-order valence-electron chi connectivity index (χ4n) is 3.14. The van der Waals surface area contributed by atoms with Crippen LogP contribution in [0.3, 0.4) is 0 Å². The quantitative estimate of drug-likeness (QED) is 0.457. The van der Waals surface area contributed by atoms with Gasteiger partial charge in [0.25, 0.3) is 11.4 Å². The van der Waals surface area contributed by atoms with Crippen LogP contribution in [0.5, 0.6) is 0 Å². The van der Waals surface area contributed by atoms with Crippen LogP contribution < -0.4 is 0 Å². The summed E-state index contributed by atoms with van der Waals surface area (Å²) in [5.74, 6) is -0.269. The van der Waals surface area contributed by atoms with Gasteiger partial charge >= 0.3 is 0 Å². The number of rotatable bonds is 4. The van der Waals surface area contributed by atoms with E-state index < -0.39 is 9.85 Å². The Hall–Kier alpha value is -3.65. The first-order valence-corrected chi connectivity index (χ1v) is 8.48. The molecule has 1 saturated heterocycles. The number of likely N-dealkylation sites (tertiary alicyclic amines) is 1. The van der Waals surface area contributed by atoms with Crippen LogP contribution in [0.1, 0.15) is 11.1 Å². The number of nitrogens with zero attached hydrogens (tertiary/aromatic N) is 3. The molecular formula is C20H17N3O5. The van der Waals surface area contributed by atoms with Crippen molar-refractivity contribution in [2.24, 2.45) is 0 Å². The van der Waals surface area contributed by atoms with E-state index in [2.05, 4.69) is 0 Å². The fourth-order valence-corrected chi connectivity index (χ4v) is 3.14. The maximum atomic E-state index is 12.9. The van der Waals surface area contributed by atoms with Crippen LogP contribution >= 0.6 is 0 Å². The van der Waals surface area contributed by atoms with E-state index in [1.54, 1.807) is 36.4 Å². The molecule has 0 bridgehead atoms. The van der Waals surface area contributed by atoms with Crippen molar-refractivity contribution in [2.45, 2.75) is 0 Å². The van der Waals surface area contributed by atoms with Gasteiger partial charge < -0.3 is 0 Å². The maximum absolute atomic E-state index is 12.9. The highest BCUT2D eigenvalue weighted by molar-refractivity contribution is 6.15. The zero-order valence-corrected chi connectivity index (χ0v) is 15.1. The predicted octanol–water partition coefficient (Wildman–Crippen LogP) is 3.48. The number of piperidine rings is 1. The van der Waals surface area contributed by atoms with Gasteiger partial charge in [0, 0.05) is 36.4 Å². The third-order valence-electron chi connectivity index (χ3n) is 4.39. The van der Waals surface area contributed by atoms with Crippen LogP contribution in [-0.2, 0) is 4.79 Å². The largest absolute Gasteiger partial charge is 0.298 e. The van der Waals surface area contributed by atoms with Gasteiger partial charge in [-0.15, -0.1) is 0 Å². The Bertz CT molecular complexity index is 947. The van der Waals surface area contributed by atoms with Crippen molar-refractivity contribution in [3.63, 3.8) is 0 Å². The molecule has 0 atom stereocenters. The highest BCUT2D eigenvalue weighted by Gasteiger charge is 2.26. The number of ketones is 1. The van der Waals surface area contributed by atoms with Gasteiger partial charge in [-0.3, -0.25) is 29.9 Å². The van der Waals surface area contributed by atoms with E-state index in [9.17, 15) is 25.0 Å². The molecule has 8 nitrogen and oxygen atoms in total. The van der Waals surface area contributed by atoms with E-state index >= 15 is 0 Å². The Morgan fingerprint density at radius 3 is 1.61 bits per heavy atom. The first kappa shape index (κ1) is 19.1. The average molecular weight is 379 g/mol. The molecule has 1 heterocycles. The van der Waals surface area contributed by atoms with Crippen molar-refractivity contribution in [3.8, 4) is 0 Å². The second kappa shape index (κ2) is 7.93. The monoisotopic (exact) mass is 379 g/mol. The summed E-state index contributed by atoms with van der Waals surface area (Å²) in [6.07, 6.45) is 3.03. The number of likely N-dealkylation sites (N-methyl/N-ethyl adjacent to an activating group) is 1. The Morgan fingerprint density at radius 1 is 0.821 bits per heavy atom. The Kier molecular flexibility index (Phi) is 5.42. The van der Waals surface area contributed by atoms with Crippen LogP contribution in [0, 0.1) is 20.2 Å². The minimum atomic E-state index is -0.493. The van der Waals surface area contributed by atoms with Crippen molar-refractivity contribution < 1.29 is 14.6 Å². The molecule has 0 aliphatic carbocycles. The minimum Gasteiger partial charge on any atom is -0.298 e. The number of benzene rings is 2. The van der Waals surface area contributed by atoms with Crippen molar-refractivity contribution in [2.75, 3.05) is 20.1 Å². The number of nitro benzene ring substituents is 2. The number of hydrogen-bond donors (Lipinski definition) is 0. The summed E-state index contributed by atoms with van der Waals surface area (Å²) in [4.78, 5) is 36.3. The Morgan fingerprint density at radius 2 is 1.21 bits per heavy atom. The number of hydrogen-bond acceptors (Lipinski definition) is 6. The SMILES string of the molecule is CN1C/C(=C/c2ccccc2[N+](=O)[O-])C(=O)/C(=C\c2ccccc2[N+](=O)[O-])C1. The lowest BCUT2D eigenvalue weighted by atomic mass is 9.94. The first-order chi connectivity index (χ1) is 13.4. The van der Waals surface area contributed by atoms with E-state index in [1.165, 1.54) is 24.3 Å². The highest BCUT2D eigenvalue weighted by Crippen LogP contribution is 2.27. The van der Waals surface area contributed by atoms with E-state index in [-0.39, 0.29) is 17.2 Å². The topological polar surface area (TPSA) is 107 Å². The maximum Gasteiger partial charge on any atom is 0.276 e. The standard InChI is InChI=1S/C20H17N3O5/c1-21-12-16(10-14-6-2-4-8-18(14)22(25)26)20(24)17(13-21)11-15-7-3-5-9-19(15)23(27)28/h2-11H,12-13H2,1H3/b16-10-,17-11-. The summed E-state index contributed by atoms with van der Waals surface area (Å²) < 4.78 is 0. The Balaban J connectivity index is 2.03. The molecule has 1 fully saturated rings. The molecule has 0 saturated carbocycles. The number of Topliss-reactive ketones (excluding diaryl/α,β-unsaturated/α-hetero) is 1. The normalized spacial score (nSPS) is 17.8. The van der Waals surface area contributed by atoms with Gasteiger partial charge in [0.05, 0.1) is 21.0 Å². The minimum absolute atomic E-state index is 0.0831. The van der Waals surface area contributed by atoms with Gasteiger partial charge in [-0.1, -0.05) is 24.3 Å². The van der Waals surface area contributed by atoms with Crippen molar-refractivity contribution >= 4 is 29.3 Å². The summed E-state index contributed by atoms with van der Waals surface area (Å²) >= 11 is 0. The van der Waals surface area contributed by atoms with E-state index in [4.69, 9.17) is 0 Å². The number of carbonyl (C=O) groups is 1. The predicted molar refractivity (Wildman–Crippen MR) is 105 cm³/mol. The molecule has 0 spiro atoms. The van der Waals surface area contributed by atoms with Gasteiger partial charge in [-0.05, 0) is 31.3 Å². The van der Waals surface area contributed by atoms with Gasteiger partial charge in [0.2, 0.25) is 0 Å². The molecule has 0 amide bonds. The molecule has 8 heteroatoms. The fraction of sp³-hybridized carbons (Fsp3) is 0.150. The summed E-state index contributed by atoms with van der Waals surface area (Å²) in [6.45, 7) is 0.665. The number of carbonyl (C=O) groups excluding carboxylic acids is 1. The zero-order chi connectivity index (χ0) is 20.3. The van der Waals surface area contributed by atoms with Gasteiger partial charge in [0.15, 0.2) is 5.78 Å². The van der Waals surface area contributed by atoms with E-state index in [1.807, 2.05) is 11.9 Å². The lowest BCUT2D eigenvalue weighted by molar-refractivity contribution is -0.385. The number of nitro groups is 2. The average Bonchev–Trinajstić information content (AvgIpc) is 2.66. The number of para-hydroxylation sites is 2. The molecule has 142 valence electrons. The summed E-state index contributed by atoms with van der Waals surface area (Å²) in [5, 5.41) is 22.4. The van der Waals surface area contributed by atoms with Crippen LogP contribution in [0.4, 0.5) is 11.4 Å². The van der Waals surface area contributed by atoms with Crippen LogP contribution in [-0.4, -0.2) is 40.7 Å². The smallest absolute Gasteiger partial charge is 0.276 e. The van der Waals surface area contributed by atoms with Crippen molar-refractivity contribution in [1.29, 1.82) is 0 Å². The second-order valence-corrected chi connectivity index (χ2v) is 6.47. The van der Waals surface area contributed by atoms with Crippen LogP contribution in [0.2, 0.25) is 0 Å². The summed E-state index contributed by atoms with van der Waals surface area (Å²) in [5.41, 5.74) is 1.31. The third kappa shape index (κ3) is 4.02. The molecule has 0 unspecified atom stereocenters.